The molecule has 1 aliphatic rings. The van der Waals surface area contributed by atoms with Crippen molar-refractivity contribution in [1.82, 2.24) is 25.4 Å². The minimum atomic E-state index is 0.636. The van der Waals surface area contributed by atoms with Gasteiger partial charge in [-0.25, -0.2) is 4.99 Å². The van der Waals surface area contributed by atoms with Gasteiger partial charge in [0.2, 0.25) is 0 Å². The molecule has 1 fully saturated rings. The molecule has 0 atom stereocenters. The molecule has 1 aromatic heterocycles. The van der Waals surface area contributed by atoms with E-state index in [1.807, 2.05) is 12.1 Å². The van der Waals surface area contributed by atoms with Gasteiger partial charge in [-0.3, -0.25) is 0 Å². The molecule has 2 N–H and O–H groups in total. The third-order valence-electron chi connectivity index (χ3n) is 5.52. The van der Waals surface area contributed by atoms with Gasteiger partial charge in [0.05, 0.1) is 13.7 Å². The minimum absolute atomic E-state index is 0.636. The third kappa shape index (κ3) is 6.76. The number of hydrogen-bond donors (Lipinski definition) is 2. The van der Waals surface area contributed by atoms with E-state index in [0.717, 1.165) is 55.1 Å². The summed E-state index contributed by atoms with van der Waals surface area (Å²) in [6, 6.07) is 8.08. The van der Waals surface area contributed by atoms with E-state index in [0.29, 0.717) is 6.54 Å². The van der Waals surface area contributed by atoms with E-state index in [2.05, 4.69) is 44.5 Å². The highest BCUT2D eigenvalue weighted by Gasteiger charge is 2.13. The fourth-order valence-corrected chi connectivity index (χ4v) is 3.74. The summed E-state index contributed by atoms with van der Waals surface area (Å²) in [4.78, 5) is 4.81. The lowest BCUT2D eigenvalue weighted by Gasteiger charge is -2.23. The number of nitrogens with one attached hydrogen (secondary N) is 2. The van der Waals surface area contributed by atoms with Crippen LogP contribution in [0.4, 0.5) is 0 Å². The van der Waals surface area contributed by atoms with Crippen molar-refractivity contribution in [2.75, 3.05) is 20.2 Å². The standard InChI is InChI=1S/C22H34N6O/c1-3-21-27-26-17-28(21)14-13-23-22(24-15-18-7-5-4-6-8-18)25-16-19-9-11-20(29-2)12-10-19/h9-12,17-18H,3-8,13-16H2,1-2H3,(H2,23,24,25). The molecule has 1 saturated carbocycles. The van der Waals surface area contributed by atoms with Crippen LogP contribution in [0.3, 0.4) is 0 Å². The van der Waals surface area contributed by atoms with E-state index in [9.17, 15) is 0 Å². The van der Waals surface area contributed by atoms with Crippen LogP contribution in [0.5, 0.6) is 5.75 Å². The normalized spacial score (nSPS) is 15.3. The van der Waals surface area contributed by atoms with Gasteiger partial charge < -0.3 is 19.9 Å². The first-order valence-corrected chi connectivity index (χ1v) is 10.8. The number of aliphatic imine (C=N–C) groups is 1. The van der Waals surface area contributed by atoms with Crippen LogP contribution < -0.4 is 15.4 Å². The van der Waals surface area contributed by atoms with E-state index in [1.165, 1.54) is 32.1 Å². The number of guanidine groups is 1. The molecule has 0 aliphatic heterocycles. The van der Waals surface area contributed by atoms with Gasteiger partial charge in [0.25, 0.3) is 0 Å². The topological polar surface area (TPSA) is 76.4 Å². The van der Waals surface area contributed by atoms with Crippen molar-refractivity contribution in [3.8, 4) is 5.75 Å². The lowest BCUT2D eigenvalue weighted by Crippen LogP contribution is -2.41. The zero-order chi connectivity index (χ0) is 20.3. The van der Waals surface area contributed by atoms with Crippen LogP contribution >= 0.6 is 0 Å². The molecule has 3 rings (SSSR count). The molecule has 0 spiro atoms. The molecule has 29 heavy (non-hydrogen) atoms. The third-order valence-corrected chi connectivity index (χ3v) is 5.52. The predicted molar refractivity (Wildman–Crippen MR) is 116 cm³/mol. The quantitative estimate of drug-likeness (QED) is 0.501. The Morgan fingerprint density at radius 2 is 1.97 bits per heavy atom. The Labute approximate surface area is 174 Å². The first kappa shape index (κ1) is 21.1. The largest absolute Gasteiger partial charge is 0.497 e. The Morgan fingerprint density at radius 3 is 2.69 bits per heavy atom. The van der Waals surface area contributed by atoms with Gasteiger partial charge in [-0.2, -0.15) is 0 Å². The average molecular weight is 399 g/mol. The second kappa shape index (κ2) is 11.4. The van der Waals surface area contributed by atoms with E-state index in [4.69, 9.17) is 9.73 Å². The van der Waals surface area contributed by atoms with Gasteiger partial charge in [0.15, 0.2) is 5.96 Å². The number of nitrogens with zero attached hydrogens (tertiary/aromatic N) is 4. The SMILES string of the molecule is CCc1nncn1CCNC(=NCc1ccc(OC)cc1)NCC1CCCCC1. The lowest BCUT2D eigenvalue weighted by molar-refractivity contribution is 0.355. The molecular weight excluding hydrogens is 364 g/mol. The molecule has 158 valence electrons. The summed E-state index contributed by atoms with van der Waals surface area (Å²) in [5.74, 6) is 3.50. The monoisotopic (exact) mass is 398 g/mol. The van der Waals surface area contributed by atoms with Crippen molar-refractivity contribution in [3.63, 3.8) is 0 Å². The smallest absolute Gasteiger partial charge is 0.191 e. The Bertz CT molecular complexity index is 749. The fourth-order valence-electron chi connectivity index (χ4n) is 3.74. The van der Waals surface area contributed by atoms with Crippen molar-refractivity contribution in [2.24, 2.45) is 10.9 Å². The van der Waals surface area contributed by atoms with Crippen molar-refractivity contribution in [1.29, 1.82) is 0 Å². The molecule has 1 aliphatic carbocycles. The van der Waals surface area contributed by atoms with E-state index in [1.54, 1.807) is 13.4 Å². The van der Waals surface area contributed by atoms with E-state index >= 15 is 0 Å². The van der Waals surface area contributed by atoms with Gasteiger partial charge in [0, 0.05) is 26.1 Å². The summed E-state index contributed by atoms with van der Waals surface area (Å²) < 4.78 is 7.33. The maximum absolute atomic E-state index is 5.23. The summed E-state index contributed by atoms with van der Waals surface area (Å²) in [5, 5.41) is 15.2. The zero-order valence-electron chi connectivity index (χ0n) is 17.7. The fraction of sp³-hybridized carbons (Fsp3) is 0.591. The maximum atomic E-state index is 5.23. The molecule has 1 aromatic carbocycles. The number of aryl methyl sites for hydroxylation is 1. The maximum Gasteiger partial charge on any atom is 0.191 e. The molecule has 7 nitrogen and oxygen atoms in total. The Kier molecular flexibility index (Phi) is 8.34. The molecule has 2 aromatic rings. The lowest BCUT2D eigenvalue weighted by atomic mass is 9.89. The van der Waals surface area contributed by atoms with Crippen LogP contribution in [0, 0.1) is 5.92 Å². The van der Waals surface area contributed by atoms with Gasteiger partial charge in [-0.15, -0.1) is 10.2 Å². The van der Waals surface area contributed by atoms with E-state index < -0.39 is 0 Å². The van der Waals surface area contributed by atoms with Crippen LogP contribution in [0.15, 0.2) is 35.6 Å². The molecule has 0 unspecified atom stereocenters. The highest BCUT2D eigenvalue weighted by Crippen LogP contribution is 2.22. The first-order chi connectivity index (χ1) is 14.3. The summed E-state index contributed by atoms with van der Waals surface area (Å²) in [6.07, 6.45) is 9.41. The minimum Gasteiger partial charge on any atom is -0.497 e. The Balaban J connectivity index is 1.56. The van der Waals surface area contributed by atoms with Gasteiger partial charge in [-0.05, 0) is 36.5 Å². The van der Waals surface area contributed by atoms with E-state index in [-0.39, 0.29) is 0 Å². The molecule has 0 radical (unpaired) electrons. The van der Waals surface area contributed by atoms with Gasteiger partial charge in [0.1, 0.15) is 17.9 Å². The second-order valence-electron chi connectivity index (χ2n) is 7.62. The van der Waals surface area contributed by atoms with Crippen LogP contribution in [0.2, 0.25) is 0 Å². The van der Waals surface area contributed by atoms with Gasteiger partial charge >= 0.3 is 0 Å². The van der Waals surface area contributed by atoms with Crippen LogP contribution in [0.25, 0.3) is 0 Å². The molecule has 1 heterocycles. The second-order valence-corrected chi connectivity index (χ2v) is 7.62. The van der Waals surface area contributed by atoms with Crippen molar-refractivity contribution in [3.05, 3.63) is 42.0 Å². The van der Waals surface area contributed by atoms with Crippen LogP contribution in [0.1, 0.15) is 50.4 Å². The number of aromatic nitrogens is 3. The highest BCUT2D eigenvalue weighted by atomic mass is 16.5. The molecule has 0 amide bonds. The summed E-state index contributed by atoms with van der Waals surface area (Å²) >= 11 is 0. The Hall–Kier alpha value is -2.57. The number of hydrogen-bond acceptors (Lipinski definition) is 4. The molecular formula is C22H34N6O. The number of ether oxygens (including phenoxy) is 1. The number of rotatable bonds is 9. The van der Waals surface area contributed by atoms with Crippen molar-refractivity contribution < 1.29 is 4.74 Å². The van der Waals surface area contributed by atoms with Crippen molar-refractivity contribution in [2.45, 2.75) is 58.5 Å². The molecule has 0 bridgehead atoms. The summed E-state index contributed by atoms with van der Waals surface area (Å²) in [6.45, 7) is 5.33. The molecule has 7 heteroatoms. The van der Waals surface area contributed by atoms with Crippen molar-refractivity contribution >= 4 is 5.96 Å². The predicted octanol–water partition coefficient (Wildman–Crippen LogP) is 3.16. The summed E-state index contributed by atoms with van der Waals surface area (Å²) in [7, 11) is 1.68. The summed E-state index contributed by atoms with van der Waals surface area (Å²) in [5.41, 5.74) is 1.16. The Morgan fingerprint density at radius 1 is 1.17 bits per heavy atom. The zero-order valence-corrected chi connectivity index (χ0v) is 17.7. The number of benzene rings is 1. The highest BCUT2D eigenvalue weighted by molar-refractivity contribution is 5.79. The number of methoxy groups -OCH3 is 1. The van der Waals surface area contributed by atoms with Gasteiger partial charge in [-0.1, -0.05) is 38.3 Å². The molecule has 0 saturated heterocycles. The average Bonchev–Trinajstić information content (AvgIpc) is 3.24. The van der Waals surface area contributed by atoms with Crippen LogP contribution in [-0.2, 0) is 19.5 Å². The first-order valence-electron chi connectivity index (χ1n) is 10.8. The van der Waals surface area contributed by atoms with Crippen LogP contribution in [-0.4, -0.2) is 40.9 Å².